The molecule has 19 heavy (non-hydrogen) atoms. The van der Waals surface area contributed by atoms with Crippen molar-refractivity contribution in [1.29, 1.82) is 0 Å². The topological polar surface area (TPSA) is 71.2 Å². The van der Waals surface area contributed by atoms with E-state index in [9.17, 15) is 4.79 Å². The Morgan fingerprint density at radius 3 is 2.58 bits per heavy atom. The summed E-state index contributed by atoms with van der Waals surface area (Å²) in [6, 6.07) is 3.81. The Bertz CT molecular complexity index is 424. The van der Waals surface area contributed by atoms with Crippen LogP contribution in [0.3, 0.4) is 0 Å². The zero-order valence-electron chi connectivity index (χ0n) is 11.6. The molecule has 0 saturated heterocycles. The first-order valence-electron chi connectivity index (χ1n) is 6.81. The standard InChI is InChI=1S/C14H22N4O/c1-10-3-6-12(7-4-10)18(2)14(19)13-8-5-11(17-15)9-16-13/h5,8-10,12,17H,3-4,6-7,15H2,1-2H3. The van der Waals surface area contributed by atoms with Gasteiger partial charge in [0.15, 0.2) is 0 Å². The van der Waals surface area contributed by atoms with Crippen molar-refractivity contribution >= 4 is 11.6 Å². The van der Waals surface area contributed by atoms with Gasteiger partial charge in [0.05, 0.1) is 11.9 Å². The monoisotopic (exact) mass is 262 g/mol. The van der Waals surface area contributed by atoms with E-state index in [0.717, 1.165) is 18.8 Å². The largest absolute Gasteiger partial charge is 0.337 e. The van der Waals surface area contributed by atoms with E-state index in [2.05, 4.69) is 17.3 Å². The molecule has 1 saturated carbocycles. The minimum absolute atomic E-state index is 0.0110. The van der Waals surface area contributed by atoms with Crippen molar-refractivity contribution in [1.82, 2.24) is 9.88 Å². The maximum Gasteiger partial charge on any atom is 0.272 e. The molecule has 104 valence electrons. The summed E-state index contributed by atoms with van der Waals surface area (Å²) < 4.78 is 0. The molecule has 5 heteroatoms. The van der Waals surface area contributed by atoms with Crippen molar-refractivity contribution in [2.75, 3.05) is 12.5 Å². The number of nitrogen functional groups attached to an aromatic ring is 1. The van der Waals surface area contributed by atoms with Gasteiger partial charge in [0.1, 0.15) is 5.69 Å². The number of hydrazine groups is 1. The van der Waals surface area contributed by atoms with Crippen LogP contribution in [0.4, 0.5) is 5.69 Å². The highest BCUT2D eigenvalue weighted by molar-refractivity contribution is 5.92. The second kappa shape index (κ2) is 6.02. The fourth-order valence-corrected chi connectivity index (χ4v) is 2.58. The molecule has 0 aromatic carbocycles. The molecule has 1 amide bonds. The summed E-state index contributed by atoms with van der Waals surface area (Å²) >= 11 is 0. The second-order valence-corrected chi connectivity index (χ2v) is 5.41. The average Bonchev–Trinajstić information content (AvgIpc) is 2.46. The quantitative estimate of drug-likeness (QED) is 0.646. The maximum absolute atomic E-state index is 12.3. The fraction of sp³-hybridized carbons (Fsp3) is 0.571. The molecule has 0 radical (unpaired) electrons. The average molecular weight is 262 g/mol. The number of carbonyl (C=O) groups is 1. The van der Waals surface area contributed by atoms with Gasteiger partial charge in [-0.3, -0.25) is 10.6 Å². The van der Waals surface area contributed by atoms with E-state index in [1.807, 2.05) is 11.9 Å². The molecule has 1 aliphatic carbocycles. The Balaban J connectivity index is 2.01. The lowest BCUT2D eigenvalue weighted by atomic mass is 9.86. The first kappa shape index (κ1) is 13.8. The van der Waals surface area contributed by atoms with Gasteiger partial charge in [0, 0.05) is 13.1 Å². The molecular weight excluding hydrogens is 240 g/mol. The molecule has 5 nitrogen and oxygen atoms in total. The number of nitrogens with zero attached hydrogens (tertiary/aromatic N) is 2. The minimum Gasteiger partial charge on any atom is -0.337 e. The molecule has 2 rings (SSSR count). The van der Waals surface area contributed by atoms with E-state index < -0.39 is 0 Å². The van der Waals surface area contributed by atoms with Crippen LogP contribution >= 0.6 is 0 Å². The van der Waals surface area contributed by atoms with E-state index in [1.54, 1.807) is 18.3 Å². The van der Waals surface area contributed by atoms with Gasteiger partial charge in [-0.2, -0.15) is 0 Å². The Labute approximate surface area is 114 Å². The SMILES string of the molecule is CC1CCC(N(C)C(=O)c2ccc(NN)cn2)CC1. The molecule has 0 bridgehead atoms. The third-order valence-corrected chi connectivity index (χ3v) is 4.00. The van der Waals surface area contributed by atoms with Gasteiger partial charge in [-0.05, 0) is 43.7 Å². The van der Waals surface area contributed by atoms with Crippen LogP contribution in [0.5, 0.6) is 0 Å². The van der Waals surface area contributed by atoms with Crippen molar-refractivity contribution < 1.29 is 4.79 Å². The number of pyridine rings is 1. The normalized spacial score (nSPS) is 22.9. The molecule has 0 spiro atoms. The molecular formula is C14H22N4O. The zero-order valence-corrected chi connectivity index (χ0v) is 11.6. The van der Waals surface area contributed by atoms with E-state index in [0.29, 0.717) is 17.4 Å². The van der Waals surface area contributed by atoms with E-state index in [4.69, 9.17) is 5.84 Å². The summed E-state index contributed by atoms with van der Waals surface area (Å²) in [7, 11) is 1.87. The molecule has 3 N–H and O–H groups in total. The number of anilines is 1. The summed E-state index contributed by atoms with van der Waals surface area (Å²) in [4.78, 5) is 18.3. The number of nitrogens with one attached hydrogen (secondary N) is 1. The van der Waals surface area contributed by atoms with Crippen LogP contribution in [0.2, 0.25) is 0 Å². The van der Waals surface area contributed by atoms with Crippen molar-refractivity contribution in [3.63, 3.8) is 0 Å². The number of carbonyl (C=O) groups excluding carboxylic acids is 1. The lowest BCUT2D eigenvalue weighted by Gasteiger charge is -2.33. The summed E-state index contributed by atoms with van der Waals surface area (Å²) in [6.45, 7) is 2.28. The predicted octanol–water partition coefficient (Wildman–Crippen LogP) is 2.02. The van der Waals surface area contributed by atoms with Crippen LogP contribution in [0.15, 0.2) is 18.3 Å². The molecule has 1 aromatic rings. The fourth-order valence-electron chi connectivity index (χ4n) is 2.58. The van der Waals surface area contributed by atoms with Crippen LogP contribution < -0.4 is 11.3 Å². The van der Waals surface area contributed by atoms with Crippen LogP contribution in [-0.2, 0) is 0 Å². The molecule has 1 aromatic heterocycles. The van der Waals surface area contributed by atoms with Crippen LogP contribution in [0.25, 0.3) is 0 Å². The van der Waals surface area contributed by atoms with Crippen molar-refractivity contribution in [3.8, 4) is 0 Å². The van der Waals surface area contributed by atoms with Gasteiger partial charge >= 0.3 is 0 Å². The number of hydrogen-bond acceptors (Lipinski definition) is 4. The molecule has 0 unspecified atom stereocenters. The zero-order chi connectivity index (χ0) is 13.8. The second-order valence-electron chi connectivity index (χ2n) is 5.41. The first-order valence-corrected chi connectivity index (χ1v) is 6.81. The third-order valence-electron chi connectivity index (χ3n) is 4.00. The van der Waals surface area contributed by atoms with Gasteiger partial charge in [0.25, 0.3) is 5.91 Å². The first-order chi connectivity index (χ1) is 9.11. The lowest BCUT2D eigenvalue weighted by molar-refractivity contribution is 0.0673. The van der Waals surface area contributed by atoms with Crippen molar-refractivity contribution in [2.45, 2.75) is 38.6 Å². The number of amides is 1. The Morgan fingerprint density at radius 2 is 2.05 bits per heavy atom. The Morgan fingerprint density at radius 1 is 1.37 bits per heavy atom. The highest BCUT2D eigenvalue weighted by Crippen LogP contribution is 2.27. The Hall–Kier alpha value is -1.62. The van der Waals surface area contributed by atoms with E-state index in [1.165, 1.54) is 12.8 Å². The Kier molecular flexibility index (Phi) is 4.37. The molecule has 0 atom stereocenters. The minimum atomic E-state index is -0.0110. The van der Waals surface area contributed by atoms with Crippen LogP contribution in [0, 0.1) is 5.92 Å². The highest BCUT2D eigenvalue weighted by Gasteiger charge is 2.25. The summed E-state index contributed by atoms with van der Waals surface area (Å²) in [6.07, 6.45) is 6.15. The molecule has 1 heterocycles. The highest BCUT2D eigenvalue weighted by atomic mass is 16.2. The summed E-state index contributed by atoms with van der Waals surface area (Å²) in [5, 5.41) is 0. The third kappa shape index (κ3) is 3.23. The van der Waals surface area contributed by atoms with Crippen LogP contribution in [0.1, 0.15) is 43.1 Å². The molecule has 1 aliphatic rings. The number of aromatic nitrogens is 1. The number of rotatable bonds is 3. The van der Waals surface area contributed by atoms with Gasteiger partial charge < -0.3 is 10.3 Å². The predicted molar refractivity (Wildman–Crippen MR) is 75.6 cm³/mol. The van der Waals surface area contributed by atoms with Crippen molar-refractivity contribution in [3.05, 3.63) is 24.0 Å². The molecule has 0 aliphatic heterocycles. The van der Waals surface area contributed by atoms with E-state index in [-0.39, 0.29) is 5.91 Å². The molecule has 1 fully saturated rings. The van der Waals surface area contributed by atoms with E-state index >= 15 is 0 Å². The number of hydrogen-bond donors (Lipinski definition) is 2. The van der Waals surface area contributed by atoms with Gasteiger partial charge in [-0.15, -0.1) is 0 Å². The number of nitrogens with two attached hydrogens (primary N) is 1. The smallest absolute Gasteiger partial charge is 0.272 e. The maximum atomic E-state index is 12.3. The van der Waals surface area contributed by atoms with Gasteiger partial charge in [-0.1, -0.05) is 6.92 Å². The van der Waals surface area contributed by atoms with Crippen molar-refractivity contribution in [2.24, 2.45) is 11.8 Å². The van der Waals surface area contributed by atoms with Crippen LogP contribution in [-0.4, -0.2) is 28.9 Å². The summed E-state index contributed by atoms with van der Waals surface area (Å²) in [5.41, 5.74) is 3.68. The summed E-state index contributed by atoms with van der Waals surface area (Å²) in [5.74, 6) is 6.05. The van der Waals surface area contributed by atoms with Gasteiger partial charge in [0.2, 0.25) is 0 Å². The van der Waals surface area contributed by atoms with Gasteiger partial charge in [-0.25, -0.2) is 4.98 Å². The lowest BCUT2D eigenvalue weighted by Crippen LogP contribution is -2.39.